The topological polar surface area (TPSA) is 81.7 Å². The lowest BCUT2D eigenvalue weighted by Gasteiger charge is -2.28. The fraction of sp³-hybridized carbons (Fsp3) is 0.375. The van der Waals surface area contributed by atoms with Gasteiger partial charge in [0.15, 0.2) is 12.4 Å². The summed E-state index contributed by atoms with van der Waals surface area (Å²) in [7, 11) is 1.57. The molecular weight excluding hydrogens is 382 g/mol. The number of carbonyl (C=O) groups is 3. The number of ketones is 1. The molecule has 2 aliphatic rings. The van der Waals surface area contributed by atoms with Crippen molar-refractivity contribution in [1.29, 1.82) is 0 Å². The van der Waals surface area contributed by atoms with Gasteiger partial charge in [0.05, 0.1) is 13.0 Å². The van der Waals surface area contributed by atoms with Crippen LogP contribution in [-0.4, -0.2) is 31.4 Å². The lowest BCUT2D eigenvalue weighted by atomic mass is 9.75. The van der Waals surface area contributed by atoms with Gasteiger partial charge >= 0.3 is 5.97 Å². The van der Waals surface area contributed by atoms with Gasteiger partial charge in [-0.2, -0.15) is 0 Å². The summed E-state index contributed by atoms with van der Waals surface area (Å²) >= 11 is 0. The maximum absolute atomic E-state index is 13.1. The minimum absolute atomic E-state index is 0.00688. The number of nitrogens with one attached hydrogen (secondary N) is 1. The Balaban J connectivity index is 1.38. The number of methoxy groups -OCH3 is 1. The van der Waals surface area contributed by atoms with E-state index < -0.39 is 17.8 Å². The van der Waals surface area contributed by atoms with E-state index in [1.165, 1.54) is 0 Å². The molecule has 4 atom stereocenters. The number of carbonyl (C=O) groups excluding carboxylic acids is 3. The highest BCUT2D eigenvalue weighted by Crippen LogP contribution is 2.53. The molecule has 0 aliphatic heterocycles. The number of hydrogen-bond acceptors (Lipinski definition) is 5. The average Bonchev–Trinajstić information content (AvgIpc) is 3.40. The van der Waals surface area contributed by atoms with Crippen LogP contribution in [0.3, 0.4) is 0 Å². The van der Waals surface area contributed by atoms with Crippen LogP contribution in [0.4, 0.5) is 5.69 Å². The zero-order chi connectivity index (χ0) is 21.1. The zero-order valence-corrected chi connectivity index (χ0v) is 16.9. The summed E-state index contributed by atoms with van der Waals surface area (Å²) in [5.74, 6) is -0.618. The van der Waals surface area contributed by atoms with Crippen molar-refractivity contribution >= 4 is 23.3 Å². The third-order valence-corrected chi connectivity index (χ3v) is 6.27. The molecule has 0 unspecified atom stereocenters. The van der Waals surface area contributed by atoms with E-state index in [0.717, 1.165) is 19.3 Å². The third kappa shape index (κ3) is 4.08. The molecule has 2 aromatic carbocycles. The molecule has 2 aromatic rings. The van der Waals surface area contributed by atoms with Gasteiger partial charge in [0.25, 0.3) is 5.91 Å². The van der Waals surface area contributed by atoms with E-state index >= 15 is 0 Å². The second-order valence-electron chi connectivity index (χ2n) is 8.00. The van der Waals surface area contributed by atoms with Crippen LogP contribution in [0.2, 0.25) is 0 Å². The third-order valence-electron chi connectivity index (χ3n) is 6.27. The monoisotopic (exact) mass is 407 g/mol. The molecule has 6 heteroatoms. The Morgan fingerprint density at radius 1 is 0.933 bits per heavy atom. The molecule has 1 N–H and O–H groups in total. The standard InChI is InChI=1S/C24H25NO5/c1-29-19-11-9-18(10-12-19)25-20(26)14-30-24(28)22-17-8-7-16(13-17)21(22)23(27)15-5-3-2-4-6-15/h2-6,9-12,16-17,21-22H,7-8,13-14H2,1H3,(H,25,26)/t16-,17+,21-,22-/m0/s1. The molecule has 2 bridgehead atoms. The SMILES string of the molecule is COc1ccc(NC(=O)COC(=O)[C@H]2[C@@H]3CC[C@@H](C3)[C@@H]2C(=O)c2ccccc2)cc1. The van der Waals surface area contributed by atoms with Gasteiger partial charge in [-0.1, -0.05) is 30.3 Å². The molecule has 1 amide bonds. The summed E-state index contributed by atoms with van der Waals surface area (Å²) in [6, 6.07) is 16.0. The maximum Gasteiger partial charge on any atom is 0.310 e. The Labute approximate surface area is 175 Å². The van der Waals surface area contributed by atoms with E-state index in [4.69, 9.17) is 9.47 Å². The van der Waals surface area contributed by atoms with Gasteiger partial charge < -0.3 is 14.8 Å². The van der Waals surface area contributed by atoms with Crippen molar-refractivity contribution in [2.24, 2.45) is 23.7 Å². The number of ether oxygens (including phenoxy) is 2. The van der Waals surface area contributed by atoms with Crippen molar-refractivity contribution in [2.75, 3.05) is 19.0 Å². The van der Waals surface area contributed by atoms with Crippen LogP contribution in [-0.2, 0) is 14.3 Å². The lowest BCUT2D eigenvalue weighted by Crippen LogP contribution is -2.37. The predicted octanol–water partition coefficient (Wildman–Crippen LogP) is 3.72. The minimum Gasteiger partial charge on any atom is -0.497 e. The summed E-state index contributed by atoms with van der Waals surface area (Å²) in [6.07, 6.45) is 2.78. The van der Waals surface area contributed by atoms with Gasteiger partial charge in [0, 0.05) is 17.2 Å². The van der Waals surface area contributed by atoms with E-state index in [2.05, 4.69) is 5.32 Å². The fourth-order valence-corrected chi connectivity index (χ4v) is 4.91. The number of anilines is 1. The second kappa shape index (κ2) is 8.69. The first-order chi connectivity index (χ1) is 14.6. The van der Waals surface area contributed by atoms with Gasteiger partial charge in [0.2, 0.25) is 0 Å². The molecule has 0 heterocycles. The van der Waals surface area contributed by atoms with Gasteiger partial charge in [-0.3, -0.25) is 14.4 Å². The zero-order valence-electron chi connectivity index (χ0n) is 16.9. The van der Waals surface area contributed by atoms with Crippen molar-refractivity contribution in [2.45, 2.75) is 19.3 Å². The van der Waals surface area contributed by atoms with Gasteiger partial charge in [-0.15, -0.1) is 0 Å². The maximum atomic E-state index is 13.1. The molecule has 4 rings (SSSR count). The van der Waals surface area contributed by atoms with E-state index in [-0.39, 0.29) is 30.1 Å². The quantitative estimate of drug-likeness (QED) is 0.559. The molecule has 30 heavy (non-hydrogen) atoms. The van der Waals surface area contributed by atoms with Crippen LogP contribution < -0.4 is 10.1 Å². The summed E-state index contributed by atoms with van der Waals surface area (Å²) < 4.78 is 10.4. The molecule has 0 radical (unpaired) electrons. The molecule has 2 saturated carbocycles. The lowest BCUT2D eigenvalue weighted by molar-refractivity contribution is -0.154. The van der Waals surface area contributed by atoms with Crippen molar-refractivity contribution in [3.63, 3.8) is 0 Å². The minimum atomic E-state index is -0.467. The molecule has 2 aliphatic carbocycles. The van der Waals surface area contributed by atoms with Gasteiger partial charge in [-0.25, -0.2) is 0 Å². The van der Waals surface area contributed by atoms with Crippen molar-refractivity contribution < 1.29 is 23.9 Å². The van der Waals surface area contributed by atoms with Crippen LogP contribution >= 0.6 is 0 Å². The number of hydrogen-bond donors (Lipinski definition) is 1. The van der Waals surface area contributed by atoms with E-state index in [1.807, 2.05) is 18.2 Å². The molecular formula is C24H25NO5. The second-order valence-corrected chi connectivity index (χ2v) is 8.00. The molecule has 6 nitrogen and oxygen atoms in total. The molecule has 0 aromatic heterocycles. The Kier molecular flexibility index (Phi) is 5.84. The van der Waals surface area contributed by atoms with Crippen LogP contribution in [0.1, 0.15) is 29.6 Å². The van der Waals surface area contributed by atoms with Crippen molar-refractivity contribution in [1.82, 2.24) is 0 Å². The number of rotatable bonds is 7. The van der Waals surface area contributed by atoms with Crippen molar-refractivity contribution in [3.05, 3.63) is 60.2 Å². The van der Waals surface area contributed by atoms with Crippen LogP contribution in [0.5, 0.6) is 5.75 Å². The fourth-order valence-electron chi connectivity index (χ4n) is 4.91. The first-order valence-electron chi connectivity index (χ1n) is 10.3. The Bertz CT molecular complexity index is 924. The summed E-state index contributed by atoms with van der Waals surface area (Å²) in [6.45, 7) is -0.370. The molecule has 156 valence electrons. The van der Waals surface area contributed by atoms with Crippen LogP contribution in [0.25, 0.3) is 0 Å². The van der Waals surface area contributed by atoms with Gasteiger partial charge in [-0.05, 0) is 55.4 Å². The highest BCUT2D eigenvalue weighted by Gasteiger charge is 2.54. The first kappa shape index (κ1) is 20.1. The van der Waals surface area contributed by atoms with Crippen LogP contribution in [0, 0.1) is 23.7 Å². The number of benzene rings is 2. The summed E-state index contributed by atoms with van der Waals surface area (Å²) in [5, 5.41) is 2.69. The van der Waals surface area contributed by atoms with E-state index in [0.29, 0.717) is 17.0 Å². The Hall–Kier alpha value is -3.15. The molecule has 0 spiro atoms. The Morgan fingerprint density at radius 3 is 2.27 bits per heavy atom. The van der Waals surface area contributed by atoms with Gasteiger partial charge in [0.1, 0.15) is 5.75 Å². The predicted molar refractivity (Wildman–Crippen MR) is 111 cm³/mol. The highest BCUT2D eigenvalue weighted by molar-refractivity contribution is 6.01. The average molecular weight is 407 g/mol. The van der Waals surface area contributed by atoms with Crippen molar-refractivity contribution in [3.8, 4) is 5.75 Å². The summed E-state index contributed by atoms with van der Waals surface area (Å²) in [5.41, 5.74) is 1.22. The molecule has 0 saturated heterocycles. The number of fused-ring (bicyclic) bond motifs is 2. The largest absolute Gasteiger partial charge is 0.497 e. The van der Waals surface area contributed by atoms with Crippen LogP contribution in [0.15, 0.2) is 54.6 Å². The summed E-state index contributed by atoms with van der Waals surface area (Å²) in [4.78, 5) is 38.1. The number of amides is 1. The smallest absolute Gasteiger partial charge is 0.310 e. The Morgan fingerprint density at radius 2 is 1.60 bits per heavy atom. The highest BCUT2D eigenvalue weighted by atomic mass is 16.5. The normalized spacial score (nSPS) is 24.3. The number of esters is 1. The molecule has 2 fully saturated rings. The number of Topliss-reactive ketones (excluding diaryl/α,β-unsaturated/α-hetero) is 1. The van der Waals surface area contributed by atoms with E-state index in [1.54, 1.807) is 43.5 Å². The van der Waals surface area contributed by atoms with E-state index in [9.17, 15) is 14.4 Å². The first-order valence-corrected chi connectivity index (χ1v) is 10.3.